The van der Waals surface area contributed by atoms with E-state index in [0.29, 0.717) is 0 Å². The van der Waals surface area contributed by atoms with Gasteiger partial charge in [0.25, 0.3) is 0 Å². The molecule has 1 aliphatic heterocycles. The van der Waals surface area contributed by atoms with Crippen molar-refractivity contribution in [1.29, 1.82) is 0 Å². The molecule has 24 heavy (non-hydrogen) atoms. The van der Waals surface area contributed by atoms with Crippen LogP contribution in [0.25, 0.3) is 5.70 Å². The van der Waals surface area contributed by atoms with Gasteiger partial charge in [-0.05, 0) is 41.5 Å². The van der Waals surface area contributed by atoms with Crippen molar-refractivity contribution in [2.45, 2.75) is 6.04 Å². The van der Waals surface area contributed by atoms with Crippen LogP contribution in [0.4, 0.5) is 5.69 Å². The molecule has 118 valence electrons. The van der Waals surface area contributed by atoms with Gasteiger partial charge in [-0.1, -0.05) is 72.3 Å². The summed E-state index contributed by atoms with van der Waals surface area (Å²) in [4.78, 5) is 0. The molecule has 0 fully saturated rings. The molecular formula is C21H17ClN2. The van der Waals surface area contributed by atoms with E-state index in [4.69, 9.17) is 11.6 Å². The smallest absolute Gasteiger partial charge is 0.0958 e. The molecule has 0 bridgehead atoms. The van der Waals surface area contributed by atoms with Gasteiger partial charge in [0.2, 0.25) is 0 Å². The van der Waals surface area contributed by atoms with Crippen molar-refractivity contribution in [3.63, 3.8) is 0 Å². The number of rotatable bonds is 3. The number of nitrogens with one attached hydrogen (secondary N) is 1. The summed E-state index contributed by atoms with van der Waals surface area (Å²) in [5.74, 6) is 0. The summed E-state index contributed by atoms with van der Waals surface area (Å²) >= 11 is 6.02. The fraction of sp³-hybridized carbons (Fsp3) is 0.0476. The molecule has 1 aliphatic rings. The van der Waals surface area contributed by atoms with Crippen molar-refractivity contribution in [2.24, 2.45) is 0 Å². The minimum absolute atomic E-state index is 0.138. The molecule has 1 heterocycles. The molecule has 0 aromatic heterocycles. The van der Waals surface area contributed by atoms with Gasteiger partial charge in [-0.15, -0.1) is 0 Å². The molecule has 1 unspecified atom stereocenters. The second-order valence-corrected chi connectivity index (χ2v) is 6.20. The lowest BCUT2D eigenvalue weighted by molar-refractivity contribution is 0.724. The number of nitrogens with zero attached hydrogens (tertiary/aromatic N) is 1. The molecule has 0 amide bonds. The van der Waals surface area contributed by atoms with Crippen molar-refractivity contribution in [3.8, 4) is 0 Å². The van der Waals surface area contributed by atoms with Gasteiger partial charge in [0.15, 0.2) is 0 Å². The van der Waals surface area contributed by atoms with Crippen LogP contribution in [0, 0.1) is 0 Å². The topological polar surface area (TPSA) is 15.3 Å². The SMILES string of the molecule is Clc1ccc(C2=CC(c3ccccc3)N(c3ccccc3)N2)cc1. The summed E-state index contributed by atoms with van der Waals surface area (Å²) in [6, 6.07) is 28.9. The Morgan fingerprint density at radius 3 is 2.04 bits per heavy atom. The molecule has 0 radical (unpaired) electrons. The lowest BCUT2D eigenvalue weighted by atomic mass is 10.0. The second-order valence-electron chi connectivity index (χ2n) is 5.76. The van der Waals surface area contributed by atoms with Gasteiger partial charge in [-0.25, -0.2) is 0 Å². The van der Waals surface area contributed by atoms with Crippen LogP contribution in [0.2, 0.25) is 5.02 Å². The summed E-state index contributed by atoms with van der Waals surface area (Å²) in [6.07, 6.45) is 2.26. The lowest BCUT2D eigenvalue weighted by Crippen LogP contribution is -2.33. The summed E-state index contributed by atoms with van der Waals surface area (Å²) in [5.41, 5.74) is 8.13. The lowest BCUT2D eigenvalue weighted by Gasteiger charge is -2.27. The summed E-state index contributed by atoms with van der Waals surface area (Å²) in [6.45, 7) is 0. The molecule has 4 rings (SSSR count). The first kappa shape index (κ1) is 14.9. The van der Waals surface area contributed by atoms with Crippen molar-refractivity contribution in [2.75, 3.05) is 5.01 Å². The minimum Gasteiger partial charge on any atom is -0.297 e. The van der Waals surface area contributed by atoms with E-state index in [2.05, 4.69) is 65.0 Å². The van der Waals surface area contributed by atoms with Crippen LogP contribution < -0.4 is 10.4 Å². The molecule has 0 saturated heterocycles. The Bertz CT molecular complexity index is 842. The van der Waals surface area contributed by atoms with Crippen LogP contribution in [-0.2, 0) is 0 Å². The van der Waals surface area contributed by atoms with E-state index in [-0.39, 0.29) is 6.04 Å². The maximum absolute atomic E-state index is 6.02. The average Bonchev–Trinajstić information content (AvgIpc) is 3.09. The van der Waals surface area contributed by atoms with Crippen molar-refractivity contribution >= 4 is 23.0 Å². The number of para-hydroxylation sites is 1. The molecule has 3 aromatic rings. The predicted molar refractivity (Wildman–Crippen MR) is 101 cm³/mol. The van der Waals surface area contributed by atoms with Crippen molar-refractivity contribution in [1.82, 2.24) is 5.43 Å². The van der Waals surface area contributed by atoms with E-state index in [9.17, 15) is 0 Å². The third-order valence-electron chi connectivity index (χ3n) is 4.17. The van der Waals surface area contributed by atoms with Gasteiger partial charge in [0, 0.05) is 5.02 Å². The number of anilines is 1. The van der Waals surface area contributed by atoms with E-state index in [1.165, 1.54) is 5.56 Å². The maximum atomic E-state index is 6.02. The number of halogens is 1. The van der Waals surface area contributed by atoms with E-state index < -0.39 is 0 Å². The summed E-state index contributed by atoms with van der Waals surface area (Å²) in [5, 5.41) is 2.94. The van der Waals surface area contributed by atoms with Crippen molar-refractivity contribution in [3.05, 3.63) is 107 Å². The predicted octanol–water partition coefficient (Wildman–Crippen LogP) is 5.45. The Balaban J connectivity index is 1.74. The van der Waals surface area contributed by atoms with Gasteiger partial charge in [0.1, 0.15) is 0 Å². The Hall–Kier alpha value is -2.71. The monoisotopic (exact) mass is 332 g/mol. The van der Waals surface area contributed by atoms with Gasteiger partial charge in [-0.2, -0.15) is 0 Å². The molecule has 0 saturated carbocycles. The molecular weight excluding hydrogens is 316 g/mol. The first-order valence-electron chi connectivity index (χ1n) is 7.95. The highest BCUT2D eigenvalue weighted by Crippen LogP contribution is 2.34. The standard InChI is InChI=1S/C21H17ClN2/c22-18-13-11-16(12-14-18)20-15-21(17-7-3-1-4-8-17)24(23-20)19-9-5-2-6-10-19/h1-15,21,23H. The first-order valence-corrected chi connectivity index (χ1v) is 8.33. The van der Waals surface area contributed by atoms with E-state index >= 15 is 0 Å². The first-order chi connectivity index (χ1) is 11.8. The Labute approximate surface area is 147 Å². The zero-order valence-corrected chi connectivity index (χ0v) is 13.8. The molecule has 3 aromatic carbocycles. The molecule has 1 atom stereocenters. The van der Waals surface area contributed by atoms with Gasteiger partial charge < -0.3 is 0 Å². The summed E-state index contributed by atoms with van der Waals surface area (Å²) < 4.78 is 0. The largest absolute Gasteiger partial charge is 0.297 e. The van der Waals surface area contributed by atoms with Gasteiger partial charge in [0.05, 0.1) is 17.4 Å². The van der Waals surface area contributed by atoms with Crippen LogP contribution in [0.1, 0.15) is 17.2 Å². The Morgan fingerprint density at radius 2 is 1.38 bits per heavy atom. The highest BCUT2D eigenvalue weighted by Gasteiger charge is 2.26. The van der Waals surface area contributed by atoms with Crippen LogP contribution in [0.5, 0.6) is 0 Å². The third kappa shape index (κ3) is 2.89. The molecule has 0 spiro atoms. The van der Waals surface area contributed by atoms with Crippen LogP contribution in [0.15, 0.2) is 91.0 Å². The van der Waals surface area contributed by atoms with Crippen LogP contribution in [0.3, 0.4) is 0 Å². The number of benzene rings is 3. The van der Waals surface area contributed by atoms with Gasteiger partial charge >= 0.3 is 0 Å². The number of hydrazine groups is 1. The Kier molecular flexibility index (Phi) is 3.97. The minimum atomic E-state index is 0.138. The van der Waals surface area contributed by atoms with E-state index in [0.717, 1.165) is 22.0 Å². The highest BCUT2D eigenvalue weighted by atomic mass is 35.5. The molecule has 2 nitrogen and oxygen atoms in total. The molecule has 0 aliphatic carbocycles. The molecule has 1 N–H and O–H groups in total. The van der Waals surface area contributed by atoms with E-state index in [1.807, 2.05) is 36.4 Å². The normalized spacial score (nSPS) is 16.6. The fourth-order valence-electron chi connectivity index (χ4n) is 2.97. The summed E-state index contributed by atoms with van der Waals surface area (Å²) in [7, 11) is 0. The Morgan fingerprint density at radius 1 is 0.750 bits per heavy atom. The number of hydrogen-bond acceptors (Lipinski definition) is 2. The van der Waals surface area contributed by atoms with Crippen molar-refractivity contribution < 1.29 is 0 Å². The highest BCUT2D eigenvalue weighted by molar-refractivity contribution is 6.30. The van der Waals surface area contributed by atoms with Crippen LogP contribution >= 0.6 is 11.6 Å². The van der Waals surface area contributed by atoms with E-state index in [1.54, 1.807) is 0 Å². The van der Waals surface area contributed by atoms with Crippen LogP contribution in [-0.4, -0.2) is 0 Å². The zero-order valence-electron chi connectivity index (χ0n) is 13.1. The average molecular weight is 333 g/mol. The molecule has 3 heteroatoms. The third-order valence-corrected chi connectivity index (χ3v) is 4.43. The quantitative estimate of drug-likeness (QED) is 0.686. The van der Waals surface area contributed by atoms with Gasteiger partial charge in [-0.3, -0.25) is 10.4 Å². The fourth-order valence-corrected chi connectivity index (χ4v) is 3.09. The second kappa shape index (κ2) is 6.42. The number of hydrogen-bond donors (Lipinski definition) is 1. The maximum Gasteiger partial charge on any atom is 0.0958 e. The zero-order chi connectivity index (χ0) is 16.4.